The number of hydrogen-bond donors (Lipinski definition) is 2. The molecule has 0 saturated heterocycles. The van der Waals surface area contributed by atoms with Crippen LogP contribution in [0.15, 0.2) is 29.3 Å². The van der Waals surface area contributed by atoms with E-state index in [4.69, 9.17) is 15.2 Å². The van der Waals surface area contributed by atoms with Gasteiger partial charge in [-0.05, 0) is 31.9 Å². The van der Waals surface area contributed by atoms with Gasteiger partial charge >= 0.3 is 0 Å². The van der Waals surface area contributed by atoms with Gasteiger partial charge in [0, 0.05) is 19.8 Å². The summed E-state index contributed by atoms with van der Waals surface area (Å²) in [5.41, 5.74) is 5.78. The summed E-state index contributed by atoms with van der Waals surface area (Å²) in [7, 11) is 0. The summed E-state index contributed by atoms with van der Waals surface area (Å²) in [4.78, 5) is 4.23. The molecule has 0 aliphatic carbocycles. The number of aliphatic imine (C=N–C) groups is 1. The fraction of sp³-hybridized carbons (Fsp3) is 0.562. The summed E-state index contributed by atoms with van der Waals surface area (Å²) in [5, 5.41) is 3.01. The van der Waals surface area contributed by atoms with E-state index in [0.717, 1.165) is 19.4 Å². The predicted octanol–water partition coefficient (Wildman–Crippen LogP) is 2.31. The molecule has 0 radical (unpaired) electrons. The average Bonchev–Trinajstić information content (AvgIpc) is 2.53. The molecule has 0 aliphatic rings. The Kier molecular flexibility index (Phi) is 8.98. The number of nitrogens with one attached hydrogen (secondary N) is 1. The van der Waals surface area contributed by atoms with Crippen LogP contribution in [0.25, 0.3) is 0 Å². The third-order valence-electron chi connectivity index (χ3n) is 3.03. The average molecular weight is 311 g/mol. The second-order valence-electron chi connectivity index (χ2n) is 4.78. The van der Waals surface area contributed by atoms with Gasteiger partial charge in [-0.15, -0.1) is 0 Å². The van der Waals surface area contributed by atoms with Crippen LogP contribution in [-0.2, 0) is 4.74 Å². The van der Waals surface area contributed by atoms with Crippen LogP contribution in [0.2, 0.25) is 0 Å². The second-order valence-corrected chi connectivity index (χ2v) is 4.78. The highest BCUT2D eigenvalue weighted by Crippen LogP contribution is 2.18. The van der Waals surface area contributed by atoms with Gasteiger partial charge in [0.2, 0.25) is 0 Å². The Morgan fingerprint density at radius 2 is 2.14 bits per heavy atom. The zero-order chi connectivity index (χ0) is 16.2. The predicted molar refractivity (Wildman–Crippen MR) is 86.7 cm³/mol. The smallest absolute Gasteiger partial charge is 0.188 e. The van der Waals surface area contributed by atoms with E-state index in [-0.39, 0.29) is 17.7 Å². The summed E-state index contributed by atoms with van der Waals surface area (Å²) in [6.45, 7) is 6.44. The summed E-state index contributed by atoms with van der Waals surface area (Å²) in [6, 6.07) is 6.35. The Labute approximate surface area is 131 Å². The van der Waals surface area contributed by atoms with Gasteiger partial charge in [0.05, 0.1) is 6.54 Å². The zero-order valence-electron chi connectivity index (χ0n) is 13.3. The van der Waals surface area contributed by atoms with Gasteiger partial charge in [-0.2, -0.15) is 0 Å². The third-order valence-corrected chi connectivity index (χ3v) is 3.03. The Bertz CT molecular complexity index is 455. The molecule has 0 aliphatic heterocycles. The number of benzene rings is 1. The van der Waals surface area contributed by atoms with E-state index in [1.807, 2.05) is 13.8 Å². The molecule has 3 N–H and O–H groups in total. The van der Waals surface area contributed by atoms with Crippen molar-refractivity contribution in [2.24, 2.45) is 10.7 Å². The van der Waals surface area contributed by atoms with Gasteiger partial charge in [0.25, 0.3) is 0 Å². The maximum atomic E-state index is 13.5. The van der Waals surface area contributed by atoms with Crippen molar-refractivity contribution < 1.29 is 13.9 Å². The number of nitrogens with two attached hydrogens (primary N) is 1. The number of ether oxygens (including phenoxy) is 2. The van der Waals surface area contributed by atoms with E-state index in [2.05, 4.69) is 10.3 Å². The number of halogens is 1. The van der Waals surface area contributed by atoms with E-state index >= 15 is 0 Å². The van der Waals surface area contributed by atoms with Crippen molar-refractivity contribution in [3.8, 4) is 5.75 Å². The lowest BCUT2D eigenvalue weighted by Crippen LogP contribution is -2.34. The van der Waals surface area contributed by atoms with Crippen LogP contribution in [-0.4, -0.2) is 38.4 Å². The van der Waals surface area contributed by atoms with Gasteiger partial charge in [-0.1, -0.05) is 19.1 Å². The lowest BCUT2D eigenvalue weighted by Gasteiger charge is -2.16. The number of guanidine groups is 1. The van der Waals surface area contributed by atoms with Gasteiger partial charge in [-0.3, -0.25) is 0 Å². The van der Waals surface area contributed by atoms with Crippen molar-refractivity contribution in [2.45, 2.75) is 32.8 Å². The molecule has 0 fully saturated rings. The van der Waals surface area contributed by atoms with E-state index in [1.54, 1.807) is 18.2 Å². The molecule has 124 valence electrons. The minimum Gasteiger partial charge on any atom is -0.485 e. The molecule has 0 saturated carbocycles. The van der Waals surface area contributed by atoms with Gasteiger partial charge in [0.1, 0.15) is 6.10 Å². The highest BCUT2D eigenvalue weighted by atomic mass is 19.1. The molecule has 22 heavy (non-hydrogen) atoms. The molecule has 5 nitrogen and oxygen atoms in total. The number of rotatable bonds is 10. The summed E-state index contributed by atoms with van der Waals surface area (Å²) in [6.07, 6.45) is 1.38. The lowest BCUT2D eigenvalue weighted by molar-refractivity contribution is 0.145. The van der Waals surface area contributed by atoms with Crippen LogP contribution in [0, 0.1) is 5.82 Å². The molecule has 0 aromatic heterocycles. The first-order chi connectivity index (χ1) is 10.7. The van der Waals surface area contributed by atoms with Crippen LogP contribution < -0.4 is 15.8 Å². The molecule has 0 amide bonds. The van der Waals surface area contributed by atoms with Crippen LogP contribution in [0.5, 0.6) is 5.75 Å². The Balaban J connectivity index is 2.36. The first kappa shape index (κ1) is 18.2. The highest BCUT2D eigenvalue weighted by molar-refractivity contribution is 5.77. The summed E-state index contributed by atoms with van der Waals surface area (Å²) < 4.78 is 24.4. The van der Waals surface area contributed by atoms with Gasteiger partial charge < -0.3 is 20.5 Å². The van der Waals surface area contributed by atoms with Crippen molar-refractivity contribution in [2.75, 3.05) is 26.3 Å². The van der Waals surface area contributed by atoms with Crippen molar-refractivity contribution in [1.82, 2.24) is 5.32 Å². The molecular formula is C16H26FN3O2. The summed E-state index contributed by atoms with van der Waals surface area (Å²) in [5.74, 6) is 0.242. The fourth-order valence-corrected chi connectivity index (χ4v) is 1.76. The minimum absolute atomic E-state index is 0.208. The molecule has 1 unspecified atom stereocenters. The third kappa shape index (κ3) is 7.26. The normalized spacial score (nSPS) is 13.0. The fourth-order valence-electron chi connectivity index (χ4n) is 1.76. The second kappa shape index (κ2) is 10.8. The molecule has 0 spiro atoms. The monoisotopic (exact) mass is 311 g/mol. The van der Waals surface area contributed by atoms with Crippen molar-refractivity contribution in [1.29, 1.82) is 0 Å². The van der Waals surface area contributed by atoms with Crippen LogP contribution in [0.3, 0.4) is 0 Å². The van der Waals surface area contributed by atoms with Crippen molar-refractivity contribution >= 4 is 5.96 Å². The number of para-hydroxylation sites is 1. The first-order valence-electron chi connectivity index (χ1n) is 7.70. The van der Waals surface area contributed by atoms with E-state index in [1.165, 1.54) is 6.07 Å². The maximum absolute atomic E-state index is 13.5. The molecule has 1 atom stereocenters. The van der Waals surface area contributed by atoms with E-state index in [9.17, 15) is 4.39 Å². The molecule has 1 aromatic rings. The minimum atomic E-state index is -0.369. The number of hydrogen-bond acceptors (Lipinski definition) is 3. The largest absolute Gasteiger partial charge is 0.485 e. The van der Waals surface area contributed by atoms with Gasteiger partial charge in [-0.25, -0.2) is 9.38 Å². The number of nitrogens with zero attached hydrogens (tertiary/aromatic N) is 1. The topological polar surface area (TPSA) is 68.9 Å². The molecule has 6 heteroatoms. The highest BCUT2D eigenvalue weighted by Gasteiger charge is 2.10. The molecule has 1 aromatic carbocycles. The molecule has 0 bridgehead atoms. The molecule has 0 heterocycles. The Morgan fingerprint density at radius 1 is 1.36 bits per heavy atom. The van der Waals surface area contributed by atoms with E-state index in [0.29, 0.717) is 25.7 Å². The van der Waals surface area contributed by atoms with Crippen molar-refractivity contribution in [3.05, 3.63) is 30.1 Å². The quantitative estimate of drug-likeness (QED) is 0.395. The van der Waals surface area contributed by atoms with Gasteiger partial charge in [0.15, 0.2) is 17.5 Å². The standard InChI is InChI=1S/C16H26FN3O2/c1-3-13(22-15-9-6-5-8-14(15)17)12-20-16(18)19-10-7-11-21-4-2/h5-6,8-9,13H,3-4,7,10-12H2,1-2H3,(H3,18,19,20). The Hall–Kier alpha value is -1.82. The lowest BCUT2D eigenvalue weighted by atomic mass is 10.2. The maximum Gasteiger partial charge on any atom is 0.188 e. The molecular weight excluding hydrogens is 285 g/mol. The first-order valence-corrected chi connectivity index (χ1v) is 7.70. The van der Waals surface area contributed by atoms with Crippen LogP contribution >= 0.6 is 0 Å². The van der Waals surface area contributed by atoms with Crippen LogP contribution in [0.1, 0.15) is 26.7 Å². The van der Waals surface area contributed by atoms with Crippen molar-refractivity contribution in [3.63, 3.8) is 0 Å². The van der Waals surface area contributed by atoms with E-state index < -0.39 is 0 Å². The zero-order valence-corrected chi connectivity index (χ0v) is 13.3. The van der Waals surface area contributed by atoms with Crippen LogP contribution in [0.4, 0.5) is 4.39 Å². The summed E-state index contributed by atoms with van der Waals surface area (Å²) >= 11 is 0. The SMILES string of the molecule is CCOCCCNC(N)=NCC(CC)Oc1ccccc1F. The Morgan fingerprint density at radius 3 is 2.82 bits per heavy atom. The molecule has 1 rings (SSSR count).